The third kappa shape index (κ3) is 1.56. The normalized spacial score (nSPS) is 14.1. The van der Waals surface area contributed by atoms with E-state index in [1.54, 1.807) is 9.13 Å². The second kappa shape index (κ2) is 4.10. The van der Waals surface area contributed by atoms with Crippen molar-refractivity contribution in [1.29, 1.82) is 0 Å². The molecule has 20 heavy (non-hydrogen) atoms. The highest BCUT2D eigenvalue weighted by atomic mass is 16.1. The number of benzene rings is 1. The Kier molecular flexibility index (Phi) is 2.36. The number of hydrogen-bond acceptors (Lipinski definition) is 2. The zero-order chi connectivity index (χ0) is 13.7. The molecule has 1 aliphatic heterocycles. The van der Waals surface area contributed by atoms with Crippen LogP contribution in [0.25, 0.3) is 11.0 Å². The van der Waals surface area contributed by atoms with Crippen LogP contribution in [0.15, 0.2) is 35.1 Å². The van der Waals surface area contributed by atoms with Crippen LogP contribution in [0.1, 0.15) is 17.8 Å². The topological polar surface area (TPSA) is 44.8 Å². The fourth-order valence-electron chi connectivity index (χ4n) is 3.08. The number of hydrogen-bond donors (Lipinski definition) is 0. The van der Waals surface area contributed by atoms with E-state index in [9.17, 15) is 4.79 Å². The summed E-state index contributed by atoms with van der Waals surface area (Å²) in [7, 11) is 1.81. The van der Waals surface area contributed by atoms with Crippen molar-refractivity contribution in [3.8, 4) is 0 Å². The van der Waals surface area contributed by atoms with Crippen molar-refractivity contribution in [2.24, 2.45) is 7.05 Å². The number of fused-ring (bicyclic) bond motifs is 2. The van der Waals surface area contributed by atoms with E-state index < -0.39 is 0 Å². The summed E-state index contributed by atoms with van der Waals surface area (Å²) >= 11 is 0. The fraction of sp³-hybridized carbons (Fsp3) is 0.333. The van der Waals surface area contributed by atoms with Gasteiger partial charge in [0.25, 0.3) is 0 Å². The van der Waals surface area contributed by atoms with Gasteiger partial charge >= 0.3 is 5.69 Å². The van der Waals surface area contributed by atoms with Crippen LogP contribution in [0.5, 0.6) is 0 Å². The summed E-state index contributed by atoms with van der Waals surface area (Å²) < 4.78 is 5.55. The van der Waals surface area contributed by atoms with Gasteiger partial charge in [-0.25, -0.2) is 4.79 Å². The molecule has 5 heteroatoms. The highest BCUT2D eigenvalue weighted by Crippen LogP contribution is 2.17. The van der Waals surface area contributed by atoms with Crippen LogP contribution >= 0.6 is 0 Å². The molecule has 102 valence electrons. The van der Waals surface area contributed by atoms with Gasteiger partial charge in [0.05, 0.1) is 23.3 Å². The van der Waals surface area contributed by atoms with Crippen LogP contribution in [-0.2, 0) is 26.6 Å². The summed E-state index contributed by atoms with van der Waals surface area (Å²) in [6.07, 6.45) is 2.27. The molecule has 0 saturated carbocycles. The molecule has 5 nitrogen and oxygen atoms in total. The first kappa shape index (κ1) is 11.5. The molecule has 0 amide bonds. The average molecular weight is 268 g/mol. The van der Waals surface area contributed by atoms with Crippen LogP contribution < -0.4 is 5.69 Å². The predicted octanol–water partition coefficient (Wildman–Crippen LogP) is 1.53. The van der Waals surface area contributed by atoms with Crippen molar-refractivity contribution in [2.75, 3.05) is 0 Å². The first-order valence-corrected chi connectivity index (χ1v) is 6.94. The summed E-state index contributed by atoms with van der Waals surface area (Å²) in [6.45, 7) is 1.54. The van der Waals surface area contributed by atoms with E-state index in [1.807, 2.05) is 31.3 Å². The van der Waals surface area contributed by atoms with E-state index >= 15 is 0 Å². The lowest BCUT2D eigenvalue weighted by Gasteiger charge is -2.00. The summed E-state index contributed by atoms with van der Waals surface area (Å²) in [5.74, 6) is 0. The maximum Gasteiger partial charge on any atom is 0.329 e. The standard InChI is InChI=1S/C15H16N4O/c1-17-13-6-2-3-7-14(13)18(15(17)20)10-11-9-12-5-4-8-19(12)16-11/h2-3,6-7,9H,4-5,8,10H2,1H3. The Balaban J connectivity index is 1.82. The van der Waals surface area contributed by atoms with Gasteiger partial charge in [0, 0.05) is 19.3 Å². The zero-order valence-corrected chi connectivity index (χ0v) is 11.4. The number of nitrogens with zero attached hydrogens (tertiary/aromatic N) is 4. The SMILES string of the molecule is Cn1c(=O)n(Cc2cc3n(n2)CCC3)c2ccccc21. The van der Waals surface area contributed by atoms with Crippen molar-refractivity contribution >= 4 is 11.0 Å². The van der Waals surface area contributed by atoms with E-state index in [4.69, 9.17) is 0 Å². The fourth-order valence-corrected chi connectivity index (χ4v) is 3.08. The van der Waals surface area contributed by atoms with Gasteiger partial charge in [0.1, 0.15) is 0 Å². The predicted molar refractivity (Wildman–Crippen MR) is 76.8 cm³/mol. The second-order valence-corrected chi connectivity index (χ2v) is 5.37. The third-order valence-electron chi connectivity index (χ3n) is 4.09. The van der Waals surface area contributed by atoms with Gasteiger partial charge in [-0.1, -0.05) is 12.1 Å². The molecule has 0 aliphatic carbocycles. The molecular weight excluding hydrogens is 252 g/mol. The molecule has 3 heterocycles. The number of rotatable bonds is 2. The van der Waals surface area contributed by atoms with Gasteiger partial charge in [-0.2, -0.15) is 5.10 Å². The lowest BCUT2D eigenvalue weighted by atomic mass is 10.2. The Morgan fingerprint density at radius 1 is 1.25 bits per heavy atom. The van der Waals surface area contributed by atoms with Crippen molar-refractivity contribution in [2.45, 2.75) is 25.9 Å². The van der Waals surface area contributed by atoms with E-state index in [1.165, 1.54) is 12.1 Å². The van der Waals surface area contributed by atoms with Crippen molar-refractivity contribution < 1.29 is 0 Å². The van der Waals surface area contributed by atoms with Crippen molar-refractivity contribution in [3.05, 3.63) is 52.2 Å². The smallest absolute Gasteiger partial charge is 0.295 e. The van der Waals surface area contributed by atoms with E-state index in [0.29, 0.717) is 6.54 Å². The number of para-hydroxylation sites is 2. The molecule has 0 atom stereocenters. The van der Waals surface area contributed by atoms with Gasteiger partial charge < -0.3 is 0 Å². The number of aromatic nitrogens is 4. The molecule has 0 N–H and O–H groups in total. The van der Waals surface area contributed by atoms with Gasteiger partial charge in [0.2, 0.25) is 0 Å². The molecule has 4 rings (SSSR count). The first-order valence-electron chi connectivity index (χ1n) is 6.94. The van der Waals surface area contributed by atoms with Crippen molar-refractivity contribution in [1.82, 2.24) is 18.9 Å². The summed E-state index contributed by atoms with van der Waals surface area (Å²) in [6, 6.07) is 10.0. The summed E-state index contributed by atoms with van der Waals surface area (Å²) in [5, 5.41) is 4.59. The zero-order valence-electron chi connectivity index (χ0n) is 11.4. The average Bonchev–Trinajstić information content (AvgIpc) is 3.09. The molecule has 0 bridgehead atoms. The molecular formula is C15H16N4O. The summed E-state index contributed by atoms with van der Waals surface area (Å²) in [5.41, 5.74) is 4.20. The third-order valence-corrected chi connectivity index (χ3v) is 4.09. The molecule has 0 saturated heterocycles. The highest BCUT2D eigenvalue weighted by molar-refractivity contribution is 5.75. The van der Waals surface area contributed by atoms with Gasteiger partial charge in [-0.05, 0) is 31.0 Å². The van der Waals surface area contributed by atoms with Crippen molar-refractivity contribution in [3.63, 3.8) is 0 Å². The Bertz CT molecular complexity index is 831. The lowest BCUT2D eigenvalue weighted by molar-refractivity contribution is 0.629. The largest absolute Gasteiger partial charge is 0.329 e. The number of aryl methyl sites for hydroxylation is 3. The van der Waals surface area contributed by atoms with Crippen LogP contribution in [0, 0.1) is 0 Å². The first-order chi connectivity index (χ1) is 9.74. The van der Waals surface area contributed by atoms with E-state index in [0.717, 1.165) is 29.7 Å². The minimum atomic E-state index is 0.0133. The van der Waals surface area contributed by atoms with Gasteiger partial charge in [-0.3, -0.25) is 13.8 Å². The molecule has 0 fully saturated rings. The molecule has 3 aromatic rings. The monoisotopic (exact) mass is 268 g/mol. The minimum absolute atomic E-state index is 0.0133. The van der Waals surface area contributed by atoms with Gasteiger partial charge in [0.15, 0.2) is 0 Å². The summed E-state index contributed by atoms with van der Waals surface area (Å²) in [4.78, 5) is 12.4. The molecule has 0 spiro atoms. The quantitative estimate of drug-likeness (QED) is 0.707. The second-order valence-electron chi connectivity index (χ2n) is 5.37. The van der Waals surface area contributed by atoms with Crippen LogP contribution in [0.3, 0.4) is 0 Å². The Labute approximate surface area is 116 Å². The lowest BCUT2D eigenvalue weighted by Crippen LogP contribution is -2.22. The molecule has 1 aromatic carbocycles. The van der Waals surface area contributed by atoms with Crippen LogP contribution in [0.2, 0.25) is 0 Å². The maximum atomic E-state index is 12.4. The Morgan fingerprint density at radius 2 is 2.05 bits per heavy atom. The Morgan fingerprint density at radius 3 is 2.85 bits per heavy atom. The van der Waals surface area contributed by atoms with E-state index in [-0.39, 0.29) is 5.69 Å². The number of imidazole rings is 1. The van der Waals surface area contributed by atoms with Crippen LogP contribution in [0.4, 0.5) is 0 Å². The highest BCUT2D eigenvalue weighted by Gasteiger charge is 2.16. The van der Waals surface area contributed by atoms with E-state index in [2.05, 4.69) is 15.8 Å². The maximum absolute atomic E-state index is 12.4. The molecule has 1 aliphatic rings. The van der Waals surface area contributed by atoms with Crippen LogP contribution in [-0.4, -0.2) is 18.9 Å². The molecule has 0 unspecified atom stereocenters. The van der Waals surface area contributed by atoms with Gasteiger partial charge in [-0.15, -0.1) is 0 Å². The Hall–Kier alpha value is -2.30. The molecule has 0 radical (unpaired) electrons. The minimum Gasteiger partial charge on any atom is -0.295 e. The molecule has 2 aromatic heterocycles.